The third kappa shape index (κ3) is 2.70. The molecule has 5 heteroatoms. The second-order valence-corrected chi connectivity index (χ2v) is 6.98. The molecule has 3 fully saturated rings. The first-order chi connectivity index (χ1) is 10.2. The van der Waals surface area contributed by atoms with Crippen LogP contribution in [0, 0.1) is 0 Å². The summed E-state index contributed by atoms with van der Waals surface area (Å²) in [4.78, 5) is 2.51. The zero-order valence-corrected chi connectivity index (χ0v) is 12.6. The summed E-state index contributed by atoms with van der Waals surface area (Å²) < 4.78 is 0. The monoisotopic (exact) mass is 288 g/mol. The van der Waals surface area contributed by atoms with Gasteiger partial charge in [-0.3, -0.25) is 5.32 Å². The van der Waals surface area contributed by atoms with Gasteiger partial charge in [-0.2, -0.15) is 10.2 Å². The van der Waals surface area contributed by atoms with E-state index in [1.54, 1.807) is 0 Å². The lowest BCUT2D eigenvalue weighted by atomic mass is 9.97. The van der Waals surface area contributed by atoms with E-state index in [9.17, 15) is 5.11 Å². The fourth-order valence-corrected chi connectivity index (χ4v) is 4.03. The van der Waals surface area contributed by atoms with Crippen molar-refractivity contribution in [2.24, 2.45) is 0 Å². The molecule has 1 saturated carbocycles. The SMILES string of the molecule is CN1[C@@H]2CC[C@H]1C[C@H](NC(O)c1cc(C3CC3)cnn1)C2. The number of hydrogen-bond donors (Lipinski definition) is 2. The van der Waals surface area contributed by atoms with Gasteiger partial charge < -0.3 is 10.0 Å². The summed E-state index contributed by atoms with van der Waals surface area (Å²) in [6.45, 7) is 0. The Morgan fingerprint density at radius 3 is 2.62 bits per heavy atom. The molecule has 1 aromatic heterocycles. The van der Waals surface area contributed by atoms with E-state index in [1.165, 1.54) is 31.2 Å². The van der Waals surface area contributed by atoms with Crippen LogP contribution >= 0.6 is 0 Å². The average Bonchev–Trinajstić information content (AvgIpc) is 3.30. The average molecular weight is 288 g/mol. The molecule has 0 spiro atoms. The third-order valence-corrected chi connectivity index (χ3v) is 5.52. The molecule has 1 unspecified atom stereocenters. The van der Waals surface area contributed by atoms with Crippen LogP contribution < -0.4 is 5.32 Å². The van der Waals surface area contributed by atoms with Crippen LogP contribution in [0.3, 0.4) is 0 Å². The standard InChI is InChI=1S/C16H24N4O/c1-20-13-4-5-14(20)8-12(7-13)18-16(21)15-6-11(9-17-19-15)10-2-3-10/h6,9-10,12-14,16,18,21H,2-5,7-8H2,1H3/t12-,13-,14+,16?. The normalized spacial score (nSPS) is 34.1. The molecule has 3 heterocycles. The second-order valence-electron chi connectivity index (χ2n) is 6.98. The van der Waals surface area contributed by atoms with Crippen molar-refractivity contribution < 1.29 is 5.11 Å². The Kier molecular flexibility index (Phi) is 3.44. The molecule has 0 radical (unpaired) electrons. The quantitative estimate of drug-likeness (QED) is 0.823. The molecular formula is C16H24N4O. The number of rotatable bonds is 4. The molecule has 2 aliphatic heterocycles. The van der Waals surface area contributed by atoms with Gasteiger partial charge in [0.05, 0.1) is 6.20 Å². The van der Waals surface area contributed by atoms with Crippen LogP contribution in [0.25, 0.3) is 0 Å². The zero-order valence-electron chi connectivity index (χ0n) is 12.6. The molecule has 0 amide bonds. The highest BCUT2D eigenvalue weighted by atomic mass is 16.3. The van der Waals surface area contributed by atoms with Crippen molar-refractivity contribution in [1.82, 2.24) is 20.4 Å². The molecule has 5 nitrogen and oxygen atoms in total. The number of aromatic nitrogens is 2. The Balaban J connectivity index is 1.41. The van der Waals surface area contributed by atoms with Crippen molar-refractivity contribution in [2.45, 2.75) is 68.8 Å². The summed E-state index contributed by atoms with van der Waals surface area (Å²) in [5.41, 5.74) is 1.90. The Hall–Kier alpha value is -1.04. The predicted octanol–water partition coefficient (Wildman–Crippen LogP) is 1.56. The summed E-state index contributed by atoms with van der Waals surface area (Å²) in [7, 11) is 2.24. The maximum atomic E-state index is 10.4. The summed E-state index contributed by atoms with van der Waals surface area (Å²) >= 11 is 0. The fourth-order valence-electron chi connectivity index (χ4n) is 4.03. The van der Waals surface area contributed by atoms with Crippen molar-refractivity contribution in [3.8, 4) is 0 Å². The van der Waals surface area contributed by atoms with Gasteiger partial charge in [-0.1, -0.05) is 0 Å². The molecule has 21 heavy (non-hydrogen) atoms. The molecule has 0 aromatic carbocycles. The summed E-state index contributed by atoms with van der Waals surface area (Å²) in [6, 6.07) is 3.76. The van der Waals surface area contributed by atoms with Crippen molar-refractivity contribution >= 4 is 0 Å². The summed E-state index contributed by atoms with van der Waals surface area (Å²) in [6.07, 6.45) is 8.48. The summed E-state index contributed by atoms with van der Waals surface area (Å²) in [5.74, 6) is 0.644. The van der Waals surface area contributed by atoms with E-state index in [1.807, 2.05) is 12.3 Å². The van der Waals surface area contributed by atoms with Gasteiger partial charge >= 0.3 is 0 Å². The molecule has 2 saturated heterocycles. The highest BCUT2D eigenvalue weighted by molar-refractivity contribution is 5.22. The molecule has 2 bridgehead atoms. The third-order valence-electron chi connectivity index (χ3n) is 5.52. The van der Waals surface area contributed by atoms with Gasteiger partial charge in [0.25, 0.3) is 0 Å². The number of aliphatic hydroxyl groups is 1. The van der Waals surface area contributed by atoms with Gasteiger partial charge in [0.2, 0.25) is 0 Å². The highest BCUT2D eigenvalue weighted by Crippen LogP contribution is 2.40. The molecule has 1 aliphatic carbocycles. The highest BCUT2D eigenvalue weighted by Gasteiger charge is 2.39. The minimum Gasteiger partial charge on any atom is -0.373 e. The Morgan fingerprint density at radius 1 is 1.24 bits per heavy atom. The molecule has 4 atom stereocenters. The van der Waals surface area contributed by atoms with E-state index < -0.39 is 6.23 Å². The number of fused-ring (bicyclic) bond motifs is 2. The number of nitrogens with one attached hydrogen (secondary N) is 1. The fraction of sp³-hybridized carbons (Fsp3) is 0.750. The largest absolute Gasteiger partial charge is 0.373 e. The van der Waals surface area contributed by atoms with E-state index in [2.05, 4.69) is 27.5 Å². The minimum atomic E-state index is -0.691. The molecule has 3 aliphatic rings. The number of hydrogen-bond acceptors (Lipinski definition) is 5. The van der Waals surface area contributed by atoms with Gasteiger partial charge in [-0.15, -0.1) is 0 Å². The van der Waals surface area contributed by atoms with Crippen LogP contribution in [-0.4, -0.2) is 45.4 Å². The van der Waals surface area contributed by atoms with Crippen molar-refractivity contribution in [3.63, 3.8) is 0 Å². The topological polar surface area (TPSA) is 61.3 Å². The second kappa shape index (κ2) is 5.30. The number of piperidine rings is 1. The van der Waals surface area contributed by atoms with Crippen LogP contribution in [-0.2, 0) is 0 Å². The smallest absolute Gasteiger partial charge is 0.150 e. The van der Waals surface area contributed by atoms with Crippen LogP contribution in [0.4, 0.5) is 0 Å². The number of aliphatic hydroxyl groups excluding tert-OH is 1. The lowest BCUT2D eigenvalue weighted by Gasteiger charge is -2.37. The van der Waals surface area contributed by atoms with Gasteiger partial charge in [-0.25, -0.2) is 0 Å². The van der Waals surface area contributed by atoms with Gasteiger partial charge in [-0.05, 0) is 63.1 Å². The van der Waals surface area contributed by atoms with Gasteiger partial charge in [0.15, 0.2) is 0 Å². The first kappa shape index (κ1) is 13.6. The van der Waals surface area contributed by atoms with E-state index in [0.717, 1.165) is 12.8 Å². The van der Waals surface area contributed by atoms with Gasteiger partial charge in [0.1, 0.15) is 11.9 Å². The number of nitrogens with zero attached hydrogens (tertiary/aromatic N) is 3. The maximum Gasteiger partial charge on any atom is 0.150 e. The van der Waals surface area contributed by atoms with Crippen LogP contribution in [0.5, 0.6) is 0 Å². The summed E-state index contributed by atoms with van der Waals surface area (Å²) in [5, 5.41) is 22.0. The molecule has 114 valence electrons. The van der Waals surface area contributed by atoms with Crippen molar-refractivity contribution in [1.29, 1.82) is 0 Å². The molecule has 4 rings (SSSR count). The van der Waals surface area contributed by atoms with Crippen molar-refractivity contribution in [3.05, 3.63) is 23.5 Å². The maximum absolute atomic E-state index is 10.4. The van der Waals surface area contributed by atoms with Crippen LogP contribution in [0.15, 0.2) is 12.3 Å². The Morgan fingerprint density at radius 2 is 1.95 bits per heavy atom. The van der Waals surface area contributed by atoms with Crippen molar-refractivity contribution in [2.75, 3.05) is 7.05 Å². The van der Waals surface area contributed by atoms with Gasteiger partial charge in [0, 0.05) is 18.1 Å². The molecule has 2 N–H and O–H groups in total. The Bertz CT molecular complexity index is 505. The zero-order chi connectivity index (χ0) is 14.4. The lowest BCUT2D eigenvalue weighted by molar-refractivity contribution is 0.0788. The Labute approximate surface area is 125 Å². The molecule has 1 aromatic rings. The lowest BCUT2D eigenvalue weighted by Crippen LogP contribution is -2.48. The van der Waals surface area contributed by atoms with E-state index in [-0.39, 0.29) is 0 Å². The van der Waals surface area contributed by atoms with E-state index >= 15 is 0 Å². The molecular weight excluding hydrogens is 264 g/mol. The first-order valence-corrected chi connectivity index (χ1v) is 8.19. The first-order valence-electron chi connectivity index (χ1n) is 8.19. The predicted molar refractivity (Wildman–Crippen MR) is 79.7 cm³/mol. The van der Waals surface area contributed by atoms with E-state index in [0.29, 0.717) is 29.7 Å². The minimum absolute atomic E-state index is 0.389. The van der Waals surface area contributed by atoms with E-state index in [4.69, 9.17) is 0 Å². The van der Waals surface area contributed by atoms with Crippen LogP contribution in [0.2, 0.25) is 0 Å². The van der Waals surface area contributed by atoms with Crippen LogP contribution in [0.1, 0.15) is 61.9 Å².